The number of halogens is 1. The first kappa shape index (κ1) is 14.0. The molecule has 0 spiro atoms. The molecule has 1 aromatic heterocycles. The molecule has 5 nitrogen and oxygen atoms in total. The molecule has 2 N–H and O–H groups in total. The van der Waals surface area contributed by atoms with Crippen LogP contribution in [-0.2, 0) is 0 Å². The largest absolute Gasteiger partial charge is 0.490 e. The number of nitrogens with one attached hydrogen (secondary N) is 1. The van der Waals surface area contributed by atoms with E-state index in [1.54, 1.807) is 0 Å². The molecule has 0 atom stereocenters. The molecule has 0 aliphatic rings. The van der Waals surface area contributed by atoms with E-state index in [9.17, 15) is 0 Å². The molecule has 0 saturated heterocycles. The summed E-state index contributed by atoms with van der Waals surface area (Å²) in [6.07, 6.45) is 2.09. The molecule has 0 saturated carbocycles. The van der Waals surface area contributed by atoms with Crippen LogP contribution in [-0.4, -0.2) is 35.3 Å². The number of aliphatic hydroxyl groups excluding tert-OH is 1. The van der Waals surface area contributed by atoms with Crippen LogP contribution in [0.15, 0.2) is 6.33 Å². The fraction of sp³-hybridized carbons (Fsp3) is 0.636. The van der Waals surface area contributed by atoms with Crippen molar-refractivity contribution in [3.05, 3.63) is 11.5 Å². The van der Waals surface area contributed by atoms with Crippen LogP contribution in [0.4, 0.5) is 5.82 Å². The topological polar surface area (TPSA) is 67.3 Å². The van der Waals surface area contributed by atoms with Gasteiger partial charge < -0.3 is 15.2 Å². The number of anilines is 1. The molecule has 0 unspecified atom stereocenters. The van der Waals surface area contributed by atoms with Crippen molar-refractivity contribution in [2.45, 2.75) is 20.3 Å². The summed E-state index contributed by atoms with van der Waals surface area (Å²) in [5.74, 6) is 1.01. The Balaban J connectivity index is 2.72. The highest BCUT2D eigenvalue weighted by Crippen LogP contribution is 2.29. The Morgan fingerprint density at radius 3 is 2.76 bits per heavy atom. The monoisotopic (exact) mass is 259 g/mol. The van der Waals surface area contributed by atoms with E-state index in [4.69, 9.17) is 21.4 Å². The predicted octanol–water partition coefficient (Wildman–Crippen LogP) is 1.96. The zero-order chi connectivity index (χ0) is 12.9. The first-order valence-electron chi connectivity index (χ1n) is 5.39. The fourth-order valence-corrected chi connectivity index (χ4v) is 1.58. The Bertz CT molecular complexity index is 372. The van der Waals surface area contributed by atoms with E-state index in [1.165, 1.54) is 13.4 Å². The summed E-state index contributed by atoms with van der Waals surface area (Å²) >= 11 is 5.88. The highest BCUT2D eigenvalue weighted by molar-refractivity contribution is 6.31. The van der Waals surface area contributed by atoms with Gasteiger partial charge in [-0.3, -0.25) is 0 Å². The van der Waals surface area contributed by atoms with Crippen molar-refractivity contribution in [2.75, 3.05) is 25.6 Å². The van der Waals surface area contributed by atoms with E-state index in [1.807, 2.05) is 0 Å². The van der Waals surface area contributed by atoms with Gasteiger partial charge in [-0.25, -0.2) is 9.97 Å². The molecule has 0 radical (unpaired) electrons. The number of hydrogen-bond donors (Lipinski definition) is 2. The molecule has 17 heavy (non-hydrogen) atoms. The summed E-state index contributed by atoms with van der Waals surface area (Å²) in [4.78, 5) is 7.92. The molecule has 0 amide bonds. The van der Waals surface area contributed by atoms with Crippen LogP contribution < -0.4 is 10.1 Å². The number of aromatic nitrogens is 2. The number of methoxy groups -OCH3 is 1. The SMILES string of the molecule is COc1c(Cl)ncnc1NCC(C)(C)CCO. The average molecular weight is 260 g/mol. The average Bonchev–Trinajstić information content (AvgIpc) is 2.26. The lowest BCUT2D eigenvalue weighted by molar-refractivity contribution is 0.220. The normalized spacial score (nSPS) is 11.4. The van der Waals surface area contributed by atoms with Crippen LogP contribution in [0.1, 0.15) is 20.3 Å². The van der Waals surface area contributed by atoms with Crippen LogP contribution >= 0.6 is 11.6 Å². The number of rotatable bonds is 6. The molecule has 0 aromatic carbocycles. The minimum Gasteiger partial charge on any atom is -0.490 e. The number of nitrogens with zero attached hydrogens (tertiary/aromatic N) is 2. The Labute approximate surface area is 106 Å². The van der Waals surface area contributed by atoms with Gasteiger partial charge in [-0.1, -0.05) is 25.4 Å². The Morgan fingerprint density at radius 1 is 1.47 bits per heavy atom. The fourth-order valence-electron chi connectivity index (χ4n) is 1.37. The second-order valence-electron chi connectivity index (χ2n) is 4.54. The lowest BCUT2D eigenvalue weighted by Crippen LogP contribution is -2.24. The molecule has 0 bridgehead atoms. The van der Waals surface area contributed by atoms with Crippen molar-refractivity contribution in [2.24, 2.45) is 5.41 Å². The highest BCUT2D eigenvalue weighted by Gasteiger charge is 2.18. The van der Waals surface area contributed by atoms with Gasteiger partial charge in [0.05, 0.1) is 7.11 Å². The lowest BCUT2D eigenvalue weighted by atomic mass is 9.90. The van der Waals surface area contributed by atoms with E-state index in [0.29, 0.717) is 24.5 Å². The van der Waals surface area contributed by atoms with Crippen LogP contribution in [0.25, 0.3) is 0 Å². The zero-order valence-corrected chi connectivity index (χ0v) is 11.1. The molecular formula is C11H18ClN3O2. The van der Waals surface area contributed by atoms with Crippen molar-refractivity contribution in [3.63, 3.8) is 0 Å². The van der Waals surface area contributed by atoms with Crippen molar-refractivity contribution < 1.29 is 9.84 Å². The Morgan fingerprint density at radius 2 is 2.18 bits per heavy atom. The third-order valence-corrected chi connectivity index (χ3v) is 2.76. The first-order chi connectivity index (χ1) is 8.00. The summed E-state index contributed by atoms with van der Waals surface area (Å²) in [6.45, 7) is 4.95. The van der Waals surface area contributed by atoms with Gasteiger partial charge >= 0.3 is 0 Å². The van der Waals surface area contributed by atoms with E-state index in [0.717, 1.165) is 0 Å². The Kier molecular flexibility index (Phi) is 4.96. The molecular weight excluding hydrogens is 242 g/mol. The Hall–Kier alpha value is -1.07. The maximum atomic E-state index is 8.94. The van der Waals surface area contributed by atoms with Crippen LogP contribution in [0.3, 0.4) is 0 Å². The molecule has 1 aromatic rings. The second-order valence-corrected chi connectivity index (χ2v) is 4.90. The summed E-state index contributed by atoms with van der Waals surface area (Å²) < 4.78 is 5.13. The van der Waals surface area contributed by atoms with Crippen LogP contribution in [0, 0.1) is 5.41 Å². The number of aliphatic hydroxyl groups is 1. The van der Waals surface area contributed by atoms with Gasteiger partial charge in [-0.15, -0.1) is 0 Å². The molecule has 96 valence electrons. The standard InChI is InChI=1S/C11H18ClN3O2/c1-11(2,4-5-16)6-13-10-8(17-3)9(12)14-7-15-10/h7,16H,4-6H2,1-3H3,(H,13,14,15). The molecule has 6 heteroatoms. The quantitative estimate of drug-likeness (QED) is 0.765. The summed E-state index contributed by atoms with van der Waals surface area (Å²) in [6, 6.07) is 0. The van der Waals surface area contributed by atoms with Crippen molar-refractivity contribution >= 4 is 17.4 Å². The van der Waals surface area contributed by atoms with Gasteiger partial charge in [0.2, 0.25) is 0 Å². The van der Waals surface area contributed by atoms with Crippen LogP contribution in [0.2, 0.25) is 5.15 Å². The summed E-state index contributed by atoms with van der Waals surface area (Å²) in [7, 11) is 1.52. The maximum Gasteiger partial charge on any atom is 0.198 e. The third kappa shape index (κ3) is 4.02. The molecule has 0 aliphatic carbocycles. The molecule has 0 aliphatic heterocycles. The van der Waals surface area contributed by atoms with E-state index in [2.05, 4.69) is 29.1 Å². The van der Waals surface area contributed by atoms with Gasteiger partial charge in [0.25, 0.3) is 0 Å². The zero-order valence-electron chi connectivity index (χ0n) is 10.3. The molecule has 1 rings (SSSR count). The molecule has 0 fully saturated rings. The van der Waals surface area contributed by atoms with Gasteiger partial charge in [0, 0.05) is 13.2 Å². The third-order valence-electron chi connectivity index (χ3n) is 2.49. The van der Waals surface area contributed by atoms with Gasteiger partial charge in [-0.2, -0.15) is 0 Å². The van der Waals surface area contributed by atoms with Gasteiger partial charge in [-0.05, 0) is 11.8 Å². The van der Waals surface area contributed by atoms with Crippen molar-refractivity contribution in [1.82, 2.24) is 9.97 Å². The van der Waals surface area contributed by atoms with E-state index in [-0.39, 0.29) is 17.2 Å². The lowest BCUT2D eigenvalue weighted by Gasteiger charge is -2.24. The number of hydrogen-bond acceptors (Lipinski definition) is 5. The predicted molar refractivity (Wildman–Crippen MR) is 67.6 cm³/mol. The van der Waals surface area contributed by atoms with Gasteiger partial charge in [0.15, 0.2) is 16.7 Å². The minimum atomic E-state index is -0.0306. The highest BCUT2D eigenvalue weighted by atomic mass is 35.5. The second kappa shape index (κ2) is 6.02. The van der Waals surface area contributed by atoms with E-state index < -0.39 is 0 Å². The smallest absolute Gasteiger partial charge is 0.198 e. The summed E-state index contributed by atoms with van der Waals surface area (Å²) in [5, 5.41) is 12.4. The van der Waals surface area contributed by atoms with E-state index >= 15 is 0 Å². The van der Waals surface area contributed by atoms with Crippen molar-refractivity contribution in [1.29, 1.82) is 0 Å². The maximum absolute atomic E-state index is 8.94. The van der Waals surface area contributed by atoms with Crippen LogP contribution in [0.5, 0.6) is 5.75 Å². The van der Waals surface area contributed by atoms with Gasteiger partial charge in [0.1, 0.15) is 6.33 Å². The molecule has 1 heterocycles. The number of ether oxygens (including phenoxy) is 1. The first-order valence-corrected chi connectivity index (χ1v) is 5.77. The van der Waals surface area contributed by atoms with Crippen molar-refractivity contribution in [3.8, 4) is 5.75 Å². The summed E-state index contributed by atoms with van der Waals surface area (Å²) in [5.41, 5.74) is -0.0306. The minimum absolute atomic E-state index is 0.0306.